The highest BCUT2D eigenvalue weighted by Crippen LogP contribution is 2.22. The average Bonchev–Trinajstić information content (AvgIpc) is 3.26. The summed E-state index contributed by atoms with van der Waals surface area (Å²) in [4.78, 5) is 24.8. The van der Waals surface area contributed by atoms with E-state index in [0.29, 0.717) is 24.7 Å². The second-order valence-electron chi connectivity index (χ2n) is 6.63. The molecule has 2 N–H and O–H groups in total. The van der Waals surface area contributed by atoms with Gasteiger partial charge in [-0.25, -0.2) is 4.79 Å². The summed E-state index contributed by atoms with van der Waals surface area (Å²) < 4.78 is 5.39. The number of aryl methyl sites for hydroxylation is 2. The number of quaternary nitrogens is 1. The lowest BCUT2D eigenvalue weighted by molar-refractivity contribution is -0.885. The Morgan fingerprint density at radius 2 is 2.09 bits per heavy atom. The standard InChI is InChI=1S/C18H22N2O3/c1-11-4-7-15-13(8-17(22)23-18(15)12(11)2)9-20(3)10-16(21)19-14-5-6-14/h4,7-8,14H,5-6,9-10H2,1-3H3,(H,19,21)/p+1. The molecule has 0 saturated heterocycles. The quantitative estimate of drug-likeness (QED) is 0.799. The fourth-order valence-corrected chi connectivity index (χ4v) is 2.84. The van der Waals surface area contributed by atoms with Crippen LogP contribution in [0.3, 0.4) is 0 Å². The monoisotopic (exact) mass is 315 g/mol. The fraction of sp³-hybridized carbons (Fsp3) is 0.444. The molecule has 0 bridgehead atoms. The maximum absolute atomic E-state index is 11.9. The SMILES string of the molecule is Cc1ccc2c(C[NH+](C)CC(=O)NC3CC3)cc(=O)oc2c1C. The Labute approximate surface area is 135 Å². The second-order valence-corrected chi connectivity index (χ2v) is 6.63. The van der Waals surface area contributed by atoms with Gasteiger partial charge in [0.1, 0.15) is 12.1 Å². The van der Waals surface area contributed by atoms with E-state index >= 15 is 0 Å². The van der Waals surface area contributed by atoms with Gasteiger partial charge in [-0.3, -0.25) is 4.79 Å². The van der Waals surface area contributed by atoms with Gasteiger partial charge in [-0.05, 0) is 37.8 Å². The van der Waals surface area contributed by atoms with Crippen LogP contribution in [0, 0.1) is 13.8 Å². The lowest BCUT2D eigenvalue weighted by Gasteiger charge is -2.15. The minimum Gasteiger partial charge on any atom is -0.422 e. The van der Waals surface area contributed by atoms with Crippen molar-refractivity contribution in [3.63, 3.8) is 0 Å². The molecular formula is C18H23N2O3+. The third-order valence-electron chi connectivity index (χ3n) is 4.41. The predicted molar refractivity (Wildman–Crippen MR) is 88.6 cm³/mol. The smallest absolute Gasteiger partial charge is 0.336 e. The third kappa shape index (κ3) is 3.62. The fourth-order valence-electron chi connectivity index (χ4n) is 2.84. The lowest BCUT2D eigenvalue weighted by atomic mass is 10.0. The van der Waals surface area contributed by atoms with Crippen molar-refractivity contribution in [1.82, 2.24) is 5.32 Å². The highest BCUT2D eigenvalue weighted by molar-refractivity contribution is 5.83. The lowest BCUT2D eigenvalue weighted by Crippen LogP contribution is -3.09. The van der Waals surface area contributed by atoms with Crippen LogP contribution in [0.2, 0.25) is 0 Å². The Hall–Kier alpha value is -2.14. The summed E-state index contributed by atoms with van der Waals surface area (Å²) in [6.45, 7) is 4.98. The van der Waals surface area contributed by atoms with E-state index in [9.17, 15) is 9.59 Å². The average molecular weight is 315 g/mol. The van der Waals surface area contributed by atoms with Crippen LogP contribution in [0.25, 0.3) is 11.0 Å². The number of carbonyl (C=O) groups excluding carboxylic acids is 1. The van der Waals surface area contributed by atoms with E-state index in [1.165, 1.54) is 0 Å². The van der Waals surface area contributed by atoms with Crippen LogP contribution in [-0.4, -0.2) is 25.5 Å². The summed E-state index contributed by atoms with van der Waals surface area (Å²) in [6, 6.07) is 5.95. The number of amides is 1. The van der Waals surface area contributed by atoms with E-state index in [0.717, 1.165) is 39.8 Å². The highest BCUT2D eigenvalue weighted by Gasteiger charge is 2.24. The largest absolute Gasteiger partial charge is 0.422 e. The first-order valence-electron chi connectivity index (χ1n) is 8.07. The minimum absolute atomic E-state index is 0.0734. The summed E-state index contributed by atoms with van der Waals surface area (Å²) in [7, 11) is 1.97. The van der Waals surface area contributed by atoms with E-state index in [-0.39, 0.29) is 11.5 Å². The third-order valence-corrected chi connectivity index (χ3v) is 4.41. The van der Waals surface area contributed by atoms with Crippen LogP contribution in [0.15, 0.2) is 27.4 Å². The first-order chi connectivity index (χ1) is 10.9. The number of benzene rings is 1. The molecule has 1 saturated carbocycles. The molecule has 0 aliphatic heterocycles. The molecule has 1 fully saturated rings. The molecular weight excluding hydrogens is 292 g/mol. The van der Waals surface area contributed by atoms with Gasteiger partial charge < -0.3 is 14.6 Å². The van der Waals surface area contributed by atoms with Gasteiger partial charge in [0.15, 0.2) is 6.54 Å². The molecule has 1 aliphatic carbocycles. The molecule has 1 aromatic carbocycles. The van der Waals surface area contributed by atoms with Crippen molar-refractivity contribution in [2.24, 2.45) is 0 Å². The number of nitrogens with one attached hydrogen (secondary N) is 2. The number of fused-ring (bicyclic) bond motifs is 1. The molecule has 0 radical (unpaired) electrons. The van der Waals surface area contributed by atoms with Crippen molar-refractivity contribution in [2.75, 3.05) is 13.6 Å². The van der Waals surface area contributed by atoms with Crippen molar-refractivity contribution in [2.45, 2.75) is 39.3 Å². The first kappa shape index (κ1) is 15.7. The Kier molecular flexibility index (Phi) is 4.22. The molecule has 5 heteroatoms. The molecule has 1 amide bonds. The normalized spacial score (nSPS) is 15.6. The van der Waals surface area contributed by atoms with E-state index < -0.39 is 0 Å². The van der Waals surface area contributed by atoms with Crippen LogP contribution in [0.4, 0.5) is 0 Å². The summed E-state index contributed by atoms with van der Waals surface area (Å²) in [5, 5.41) is 3.95. The number of rotatable bonds is 5. The van der Waals surface area contributed by atoms with Crippen LogP contribution < -0.4 is 15.8 Å². The van der Waals surface area contributed by atoms with Crippen molar-refractivity contribution in [3.8, 4) is 0 Å². The molecule has 23 heavy (non-hydrogen) atoms. The molecule has 122 valence electrons. The summed E-state index contributed by atoms with van der Waals surface area (Å²) in [5.74, 6) is 0.0734. The number of hydrogen-bond acceptors (Lipinski definition) is 3. The molecule has 2 aromatic rings. The van der Waals surface area contributed by atoms with Crippen LogP contribution in [-0.2, 0) is 11.3 Å². The maximum atomic E-state index is 11.9. The second kappa shape index (κ2) is 6.16. The summed E-state index contributed by atoms with van der Waals surface area (Å²) in [5.41, 5.74) is 3.34. The van der Waals surface area contributed by atoms with Gasteiger partial charge in [-0.15, -0.1) is 0 Å². The molecule has 1 aliphatic rings. The zero-order chi connectivity index (χ0) is 16.6. The van der Waals surface area contributed by atoms with Gasteiger partial charge in [-0.1, -0.05) is 12.1 Å². The van der Waals surface area contributed by atoms with Crippen molar-refractivity contribution in [1.29, 1.82) is 0 Å². The molecule has 0 spiro atoms. The van der Waals surface area contributed by atoms with Crippen molar-refractivity contribution < 1.29 is 14.1 Å². The summed E-state index contributed by atoms with van der Waals surface area (Å²) in [6.07, 6.45) is 2.18. The predicted octanol–water partition coefficient (Wildman–Crippen LogP) is 0.703. The van der Waals surface area contributed by atoms with E-state index in [4.69, 9.17) is 4.42 Å². The van der Waals surface area contributed by atoms with Gasteiger partial charge in [-0.2, -0.15) is 0 Å². The molecule has 1 heterocycles. The van der Waals surface area contributed by atoms with Crippen LogP contribution in [0.5, 0.6) is 0 Å². The van der Waals surface area contributed by atoms with Gasteiger partial charge in [0.05, 0.1) is 7.05 Å². The van der Waals surface area contributed by atoms with E-state index in [1.807, 2.05) is 33.0 Å². The van der Waals surface area contributed by atoms with Gasteiger partial charge in [0.2, 0.25) is 0 Å². The number of carbonyl (C=O) groups is 1. The van der Waals surface area contributed by atoms with Gasteiger partial charge >= 0.3 is 5.63 Å². The van der Waals surface area contributed by atoms with Gasteiger partial charge in [0, 0.05) is 23.1 Å². The van der Waals surface area contributed by atoms with E-state index in [1.54, 1.807) is 6.07 Å². The summed E-state index contributed by atoms with van der Waals surface area (Å²) >= 11 is 0. The number of likely N-dealkylation sites (N-methyl/N-ethyl adjacent to an activating group) is 1. The topological polar surface area (TPSA) is 63.8 Å². The Bertz CT molecular complexity index is 806. The molecule has 1 atom stereocenters. The first-order valence-corrected chi connectivity index (χ1v) is 8.07. The minimum atomic E-state index is -0.337. The Morgan fingerprint density at radius 3 is 2.78 bits per heavy atom. The molecule has 3 rings (SSSR count). The Morgan fingerprint density at radius 1 is 1.35 bits per heavy atom. The highest BCUT2D eigenvalue weighted by atomic mass is 16.4. The number of hydrogen-bond donors (Lipinski definition) is 2. The molecule has 5 nitrogen and oxygen atoms in total. The van der Waals surface area contributed by atoms with Crippen LogP contribution >= 0.6 is 0 Å². The van der Waals surface area contributed by atoms with E-state index in [2.05, 4.69) is 5.32 Å². The van der Waals surface area contributed by atoms with Gasteiger partial charge in [0.25, 0.3) is 5.91 Å². The zero-order valence-corrected chi connectivity index (χ0v) is 13.9. The van der Waals surface area contributed by atoms with Crippen molar-refractivity contribution in [3.05, 3.63) is 45.3 Å². The zero-order valence-electron chi connectivity index (χ0n) is 13.9. The van der Waals surface area contributed by atoms with Crippen LogP contribution in [0.1, 0.15) is 29.5 Å². The Balaban J connectivity index is 1.82. The molecule has 1 unspecified atom stereocenters. The maximum Gasteiger partial charge on any atom is 0.336 e. The van der Waals surface area contributed by atoms with Crippen molar-refractivity contribution >= 4 is 16.9 Å². The molecule has 1 aromatic heterocycles.